The van der Waals surface area contributed by atoms with Crippen LogP contribution in [-0.2, 0) is 4.79 Å². The number of aliphatic hydroxyl groups excluding tert-OH is 1. The molecule has 1 atom stereocenters. The van der Waals surface area contributed by atoms with Gasteiger partial charge in [0.15, 0.2) is 6.10 Å². The van der Waals surface area contributed by atoms with E-state index in [4.69, 9.17) is 0 Å². The molecule has 1 amide bonds. The summed E-state index contributed by atoms with van der Waals surface area (Å²) in [5.74, 6) is -0.348. The van der Waals surface area contributed by atoms with Crippen LogP contribution in [0.5, 0.6) is 0 Å². The predicted molar refractivity (Wildman–Crippen MR) is 62.4 cm³/mol. The Hall–Kier alpha value is -0.870. The molecule has 0 aromatic heterocycles. The van der Waals surface area contributed by atoms with Gasteiger partial charge in [-0.05, 0) is 24.1 Å². The van der Waals surface area contributed by atoms with Crippen LogP contribution in [0.25, 0.3) is 0 Å². The van der Waals surface area contributed by atoms with Gasteiger partial charge in [0.2, 0.25) is 0 Å². The number of hydrogen-bond donors (Lipinski definition) is 2. The Balaban J connectivity index is 2.63. The molecule has 0 saturated heterocycles. The van der Waals surface area contributed by atoms with Crippen LogP contribution in [-0.4, -0.2) is 17.6 Å². The predicted octanol–water partition coefficient (Wildman–Crippen LogP) is 2.01. The van der Waals surface area contributed by atoms with Crippen molar-refractivity contribution >= 4 is 21.8 Å². The molecular formula is C11H14BrNO2. The lowest BCUT2D eigenvalue weighted by Gasteiger charge is -2.10. The third-order valence-corrected chi connectivity index (χ3v) is 2.51. The summed E-state index contributed by atoms with van der Waals surface area (Å²) in [4.78, 5) is 11.4. The summed E-state index contributed by atoms with van der Waals surface area (Å²) in [6.07, 6.45) is -0.219. The molecule has 2 N–H and O–H groups in total. The van der Waals surface area contributed by atoms with Crippen molar-refractivity contribution < 1.29 is 9.90 Å². The molecule has 0 spiro atoms. The molecule has 0 aliphatic rings. The summed E-state index contributed by atoms with van der Waals surface area (Å²) >= 11 is 3.29. The van der Waals surface area contributed by atoms with E-state index in [-0.39, 0.29) is 5.91 Å². The Morgan fingerprint density at radius 2 is 2.07 bits per heavy atom. The number of carbonyl (C=O) groups is 1. The van der Waals surface area contributed by atoms with Gasteiger partial charge in [-0.25, -0.2) is 0 Å². The Bertz CT molecular complexity index is 324. The van der Waals surface area contributed by atoms with Gasteiger partial charge in [-0.1, -0.05) is 35.0 Å². The quantitative estimate of drug-likeness (QED) is 0.880. The van der Waals surface area contributed by atoms with Crippen molar-refractivity contribution in [2.24, 2.45) is 0 Å². The molecule has 0 radical (unpaired) electrons. The van der Waals surface area contributed by atoms with Crippen molar-refractivity contribution in [1.29, 1.82) is 0 Å². The Kier molecular flexibility index (Phi) is 4.78. The monoisotopic (exact) mass is 271 g/mol. The fourth-order valence-corrected chi connectivity index (χ4v) is 1.41. The van der Waals surface area contributed by atoms with Gasteiger partial charge in [0, 0.05) is 11.0 Å². The maximum atomic E-state index is 11.4. The molecule has 0 heterocycles. The highest BCUT2D eigenvalue weighted by Gasteiger charge is 2.15. The number of halogens is 1. The van der Waals surface area contributed by atoms with Crippen LogP contribution in [0, 0.1) is 0 Å². The van der Waals surface area contributed by atoms with Gasteiger partial charge in [-0.3, -0.25) is 4.79 Å². The fourth-order valence-electron chi connectivity index (χ4n) is 1.14. The summed E-state index contributed by atoms with van der Waals surface area (Å²) in [7, 11) is 0. The summed E-state index contributed by atoms with van der Waals surface area (Å²) in [6, 6.07) is 7.04. The third kappa shape index (κ3) is 3.64. The second-order valence-electron chi connectivity index (χ2n) is 3.25. The van der Waals surface area contributed by atoms with E-state index in [2.05, 4.69) is 21.2 Å². The molecule has 3 nitrogen and oxygen atoms in total. The minimum atomic E-state index is -1.08. The summed E-state index contributed by atoms with van der Waals surface area (Å²) in [5, 5.41) is 12.3. The van der Waals surface area contributed by atoms with E-state index in [0.717, 1.165) is 10.9 Å². The van der Waals surface area contributed by atoms with Gasteiger partial charge in [0.05, 0.1) is 0 Å². The highest BCUT2D eigenvalue weighted by molar-refractivity contribution is 9.10. The van der Waals surface area contributed by atoms with Gasteiger partial charge in [0.1, 0.15) is 0 Å². The van der Waals surface area contributed by atoms with E-state index < -0.39 is 6.10 Å². The molecule has 0 aliphatic carbocycles. The molecular weight excluding hydrogens is 258 g/mol. The second kappa shape index (κ2) is 5.88. The van der Waals surface area contributed by atoms with Gasteiger partial charge < -0.3 is 10.4 Å². The zero-order valence-corrected chi connectivity index (χ0v) is 10.1. The van der Waals surface area contributed by atoms with Crippen LogP contribution in [0.1, 0.15) is 25.0 Å². The molecule has 1 aromatic carbocycles. The minimum absolute atomic E-state index is 0.348. The number of amides is 1. The topological polar surface area (TPSA) is 49.3 Å². The normalized spacial score (nSPS) is 12.2. The van der Waals surface area contributed by atoms with Crippen molar-refractivity contribution in [3.05, 3.63) is 34.3 Å². The van der Waals surface area contributed by atoms with Crippen LogP contribution in [0.4, 0.5) is 0 Å². The summed E-state index contributed by atoms with van der Waals surface area (Å²) < 4.78 is 0.924. The van der Waals surface area contributed by atoms with Gasteiger partial charge in [0.25, 0.3) is 5.91 Å². The van der Waals surface area contributed by atoms with Gasteiger partial charge >= 0.3 is 0 Å². The first kappa shape index (κ1) is 12.2. The average Bonchev–Trinajstić information content (AvgIpc) is 2.26. The third-order valence-electron chi connectivity index (χ3n) is 1.98. The summed E-state index contributed by atoms with van der Waals surface area (Å²) in [6.45, 7) is 2.55. The molecule has 0 saturated carbocycles. The van der Waals surface area contributed by atoms with Crippen LogP contribution in [0.2, 0.25) is 0 Å². The lowest BCUT2D eigenvalue weighted by molar-refractivity contribution is -0.129. The minimum Gasteiger partial charge on any atom is -0.378 e. The van der Waals surface area contributed by atoms with E-state index in [1.54, 1.807) is 24.3 Å². The van der Waals surface area contributed by atoms with Crippen molar-refractivity contribution in [3.8, 4) is 0 Å². The molecule has 0 aliphatic heterocycles. The number of benzene rings is 1. The first-order valence-corrected chi connectivity index (χ1v) is 5.65. The molecule has 15 heavy (non-hydrogen) atoms. The highest BCUT2D eigenvalue weighted by atomic mass is 79.9. The lowest BCUT2D eigenvalue weighted by atomic mass is 10.1. The van der Waals surface area contributed by atoms with Crippen LogP contribution in [0.3, 0.4) is 0 Å². The molecule has 0 fully saturated rings. The van der Waals surface area contributed by atoms with Gasteiger partial charge in [-0.15, -0.1) is 0 Å². The molecule has 0 bridgehead atoms. The zero-order chi connectivity index (χ0) is 11.3. The number of rotatable bonds is 4. The summed E-state index contributed by atoms with van der Waals surface area (Å²) in [5.41, 5.74) is 0.604. The smallest absolute Gasteiger partial charge is 0.253 e. The van der Waals surface area contributed by atoms with E-state index in [1.807, 2.05) is 6.92 Å². The number of carbonyl (C=O) groups excluding carboxylic acids is 1. The van der Waals surface area contributed by atoms with E-state index in [1.165, 1.54) is 0 Å². The maximum Gasteiger partial charge on any atom is 0.253 e. The second-order valence-corrected chi connectivity index (χ2v) is 4.16. The maximum absolute atomic E-state index is 11.4. The van der Waals surface area contributed by atoms with Crippen molar-refractivity contribution in [2.45, 2.75) is 19.4 Å². The molecule has 1 rings (SSSR count). The number of aliphatic hydroxyl groups is 1. The van der Waals surface area contributed by atoms with Crippen molar-refractivity contribution in [3.63, 3.8) is 0 Å². The first-order chi connectivity index (χ1) is 7.15. The Morgan fingerprint density at radius 3 is 2.60 bits per heavy atom. The zero-order valence-electron chi connectivity index (χ0n) is 8.53. The van der Waals surface area contributed by atoms with Crippen LogP contribution < -0.4 is 5.32 Å². The highest BCUT2D eigenvalue weighted by Crippen LogP contribution is 2.16. The molecule has 1 unspecified atom stereocenters. The standard InChI is InChI=1S/C11H14BrNO2/c1-2-7-13-11(15)10(14)8-3-5-9(12)6-4-8/h3-6,10,14H,2,7H2,1H3,(H,13,15). The SMILES string of the molecule is CCCNC(=O)C(O)c1ccc(Br)cc1. The largest absolute Gasteiger partial charge is 0.378 e. The first-order valence-electron chi connectivity index (χ1n) is 4.86. The van der Waals surface area contributed by atoms with E-state index >= 15 is 0 Å². The fraction of sp³-hybridized carbons (Fsp3) is 0.364. The molecule has 1 aromatic rings. The van der Waals surface area contributed by atoms with Crippen molar-refractivity contribution in [1.82, 2.24) is 5.32 Å². The molecule has 4 heteroatoms. The van der Waals surface area contributed by atoms with Gasteiger partial charge in [-0.2, -0.15) is 0 Å². The van der Waals surface area contributed by atoms with Crippen LogP contribution >= 0.6 is 15.9 Å². The lowest BCUT2D eigenvalue weighted by Crippen LogP contribution is -2.29. The Morgan fingerprint density at radius 1 is 1.47 bits per heavy atom. The Labute approximate surface area is 97.6 Å². The average molecular weight is 272 g/mol. The van der Waals surface area contributed by atoms with Crippen molar-refractivity contribution in [2.75, 3.05) is 6.54 Å². The van der Waals surface area contributed by atoms with E-state index in [9.17, 15) is 9.90 Å². The number of nitrogens with one attached hydrogen (secondary N) is 1. The number of hydrogen-bond acceptors (Lipinski definition) is 2. The molecule has 82 valence electrons. The van der Waals surface area contributed by atoms with Crippen LogP contribution in [0.15, 0.2) is 28.7 Å². The van der Waals surface area contributed by atoms with E-state index in [0.29, 0.717) is 12.1 Å².